The van der Waals surface area contributed by atoms with Gasteiger partial charge in [0.05, 0.1) is 25.7 Å². The first-order chi connectivity index (χ1) is 9.67. The SMILES string of the molecule is COc1nc2nc(C)nc(Cl)c2cc1OC1CCOC1. The Kier molecular flexibility index (Phi) is 3.58. The average molecular weight is 296 g/mol. The first kappa shape index (κ1) is 13.3. The Morgan fingerprint density at radius 1 is 1.35 bits per heavy atom. The van der Waals surface area contributed by atoms with Crippen LogP contribution in [0.15, 0.2) is 6.07 Å². The van der Waals surface area contributed by atoms with Crippen molar-refractivity contribution < 1.29 is 14.2 Å². The molecule has 0 radical (unpaired) electrons. The second kappa shape index (κ2) is 5.38. The molecule has 0 aliphatic carbocycles. The van der Waals surface area contributed by atoms with Gasteiger partial charge in [-0.3, -0.25) is 0 Å². The van der Waals surface area contributed by atoms with Crippen molar-refractivity contribution >= 4 is 22.6 Å². The molecule has 6 nitrogen and oxygen atoms in total. The van der Waals surface area contributed by atoms with E-state index >= 15 is 0 Å². The highest BCUT2D eigenvalue weighted by Crippen LogP contribution is 2.32. The number of fused-ring (bicyclic) bond motifs is 1. The molecule has 2 aromatic rings. The lowest BCUT2D eigenvalue weighted by atomic mass is 10.3. The van der Waals surface area contributed by atoms with Crippen molar-refractivity contribution in [1.29, 1.82) is 0 Å². The maximum absolute atomic E-state index is 6.13. The van der Waals surface area contributed by atoms with Gasteiger partial charge in [-0.05, 0) is 13.0 Å². The summed E-state index contributed by atoms with van der Waals surface area (Å²) in [5, 5.41) is 1.00. The van der Waals surface area contributed by atoms with E-state index in [1.807, 2.05) is 0 Å². The molecule has 1 aliphatic heterocycles. The fourth-order valence-corrected chi connectivity index (χ4v) is 2.36. The molecule has 0 amide bonds. The van der Waals surface area contributed by atoms with Gasteiger partial charge in [-0.2, -0.15) is 4.98 Å². The smallest absolute Gasteiger partial charge is 0.258 e. The van der Waals surface area contributed by atoms with Crippen molar-refractivity contribution in [3.63, 3.8) is 0 Å². The van der Waals surface area contributed by atoms with Gasteiger partial charge in [0.2, 0.25) is 0 Å². The molecule has 1 fully saturated rings. The molecule has 0 aromatic carbocycles. The van der Waals surface area contributed by atoms with E-state index in [0.717, 1.165) is 6.42 Å². The van der Waals surface area contributed by atoms with Gasteiger partial charge in [0.15, 0.2) is 11.4 Å². The van der Waals surface area contributed by atoms with Crippen LogP contribution in [0.4, 0.5) is 0 Å². The molecular weight excluding hydrogens is 282 g/mol. The largest absolute Gasteiger partial charge is 0.482 e. The number of methoxy groups -OCH3 is 1. The van der Waals surface area contributed by atoms with E-state index in [2.05, 4.69) is 15.0 Å². The number of hydrogen-bond donors (Lipinski definition) is 0. The van der Waals surface area contributed by atoms with E-state index in [4.69, 9.17) is 25.8 Å². The summed E-state index contributed by atoms with van der Waals surface area (Å²) in [7, 11) is 1.54. The number of aromatic nitrogens is 3. The van der Waals surface area contributed by atoms with Crippen LogP contribution in [0.25, 0.3) is 11.0 Å². The average Bonchev–Trinajstić information content (AvgIpc) is 2.91. The highest BCUT2D eigenvalue weighted by atomic mass is 35.5. The van der Waals surface area contributed by atoms with E-state index in [1.54, 1.807) is 20.1 Å². The second-order valence-corrected chi connectivity index (χ2v) is 4.89. The number of rotatable bonds is 3. The van der Waals surface area contributed by atoms with Gasteiger partial charge in [-0.15, -0.1) is 0 Å². The maximum atomic E-state index is 6.13. The third kappa shape index (κ3) is 2.48. The normalized spacial score (nSPS) is 18.4. The van der Waals surface area contributed by atoms with Crippen LogP contribution < -0.4 is 9.47 Å². The molecule has 1 atom stereocenters. The van der Waals surface area contributed by atoms with Gasteiger partial charge in [0.25, 0.3) is 5.88 Å². The van der Waals surface area contributed by atoms with Crippen LogP contribution in [-0.2, 0) is 4.74 Å². The fourth-order valence-electron chi connectivity index (χ4n) is 2.10. The monoisotopic (exact) mass is 295 g/mol. The zero-order valence-corrected chi connectivity index (χ0v) is 12.0. The lowest BCUT2D eigenvalue weighted by Crippen LogP contribution is -2.16. The molecule has 20 heavy (non-hydrogen) atoms. The molecule has 3 rings (SSSR count). The Labute approximate surface area is 121 Å². The van der Waals surface area contributed by atoms with Crippen LogP contribution in [-0.4, -0.2) is 41.4 Å². The molecule has 1 aliphatic rings. The van der Waals surface area contributed by atoms with E-state index in [9.17, 15) is 0 Å². The Balaban J connectivity index is 2.05. The van der Waals surface area contributed by atoms with E-state index in [1.165, 1.54) is 0 Å². The molecule has 0 saturated carbocycles. The summed E-state index contributed by atoms with van der Waals surface area (Å²) in [6.07, 6.45) is 0.854. The maximum Gasteiger partial charge on any atom is 0.258 e. The summed E-state index contributed by atoms with van der Waals surface area (Å²) in [6.45, 7) is 3.04. The van der Waals surface area contributed by atoms with Gasteiger partial charge < -0.3 is 14.2 Å². The molecule has 0 spiro atoms. The zero-order valence-electron chi connectivity index (χ0n) is 11.2. The minimum absolute atomic E-state index is 0.00768. The van der Waals surface area contributed by atoms with E-state index in [-0.39, 0.29) is 6.10 Å². The fraction of sp³-hybridized carbons (Fsp3) is 0.462. The van der Waals surface area contributed by atoms with Gasteiger partial charge in [-0.25, -0.2) is 9.97 Å². The van der Waals surface area contributed by atoms with Gasteiger partial charge in [0, 0.05) is 6.42 Å². The van der Waals surface area contributed by atoms with Gasteiger partial charge >= 0.3 is 0 Å². The van der Waals surface area contributed by atoms with Crippen molar-refractivity contribution in [1.82, 2.24) is 15.0 Å². The molecular formula is C13H14ClN3O3. The highest BCUT2D eigenvalue weighted by molar-refractivity contribution is 6.33. The van der Waals surface area contributed by atoms with Gasteiger partial charge in [0.1, 0.15) is 17.1 Å². The Hall–Kier alpha value is -1.66. The quantitative estimate of drug-likeness (QED) is 0.809. The second-order valence-electron chi connectivity index (χ2n) is 4.53. The number of ether oxygens (including phenoxy) is 3. The standard InChI is InChI=1S/C13H14ClN3O3/c1-7-15-11(14)9-5-10(20-8-3-4-19-6-8)13(18-2)17-12(9)16-7/h5,8H,3-4,6H2,1-2H3. The van der Waals surface area contributed by atoms with Crippen molar-refractivity contribution in [2.45, 2.75) is 19.4 Å². The van der Waals surface area contributed by atoms with Gasteiger partial charge in [-0.1, -0.05) is 11.6 Å². The summed E-state index contributed by atoms with van der Waals surface area (Å²) in [4.78, 5) is 12.7. The third-order valence-electron chi connectivity index (χ3n) is 3.06. The minimum atomic E-state index is 0.00768. The summed E-state index contributed by atoms with van der Waals surface area (Å²) in [5.41, 5.74) is 0.495. The molecule has 3 heterocycles. The van der Waals surface area contributed by atoms with E-state index in [0.29, 0.717) is 46.9 Å². The summed E-state index contributed by atoms with van der Waals surface area (Å²) in [6, 6.07) is 1.77. The number of nitrogens with zero attached hydrogens (tertiary/aromatic N) is 3. The van der Waals surface area contributed by atoms with Crippen molar-refractivity contribution in [3.8, 4) is 11.6 Å². The van der Waals surface area contributed by atoms with E-state index < -0.39 is 0 Å². The predicted octanol–water partition coefficient (Wildman–Crippen LogP) is 2.16. The molecule has 2 aromatic heterocycles. The van der Waals surface area contributed by atoms with Crippen LogP contribution >= 0.6 is 11.6 Å². The van der Waals surface area contributed by atoms with Crippen LogP contribution in [0.2, 0.25) is 5.15 Å². The summed E-state index contributed by atoms with van der Waals surface area (Å²) >= 11 is 6.13. The summed E-state index contributed by atoms with van der Waals surface area (Å²) < 4.78 is 16.4. The van der Waals surface area contributed by atoms with Crippen LogP contribution in [0.3, 0.4) is 0 Å². The Bertz CT molecular complexity index is 644. The van der Waals surface area contributed by atoms with Crippen LogP contribution in [0, 0.1) is 6.92 Å². The number of hydrogen-bond acceptors (Lipinski definition) is 6. The number of halogens is 1. The Morgan fingerprint density at radius 2 is 2.20 bits per heavy atom. The molecule has 0 N–H and O–H groups in total. The third-order valence-corrected chi connectivity index (χ3v) is 3.35. The Morgan fingerprint density at radius 3 is 2.90 bits per heavy atom. The lowest BCUT2D eigenvalue weighted by molar-refractivity contribution is 0.138. The number of pyridine rings is 1. The first-order valence-corrected chi connectivity index (χ1v) is 6.68. The predicted molar refractivity (Wildman–Crippen MR) is 73.5 cm³/mol. The van der Waals surface area contributed by atoms with Crippen LogP contribution in [0.1, 0.15) is 12.2 Å². The van der Waals surface area contributed by atoms with Crippen molar-refractivity contribution in [2.24, 2.45) is 0 Å². The number of aryl methyl sites for hydroxylation is 1. The van der Waals surface area contributed by atoms with Crippen molar-refractivity contribution in [3.05, 3.63) is 17.0 Å². The lowest BCUT2D eigenvalue weighted by Gasteiger charge is -2.15. The highest BCUT2D eigenvalue weighted by Gasteiger charge is 2.21. The molecule has 7 heteroatoms. The topological polar surface area (TPSA) is 66.4 Å². The zero-order chi connectivity index (χ0) is 14.1. The molecule has 106 valence electrons. The van der Waals surface area contributed by atoms with Crippen molar-refractivity contribution in [2.75, 3.05) is 20.3 Å². The summed E-state index contributed by atoms with van der Waals surface area (Å²) in [5.74, 6) is 1.48. The molecule has 1 saturated heterocycles. The first-order valence-electron chi connectivity index (χ1n) is 6.30. The molecule has 0 bridgehead atoms. The minimum Gasteiger partial charge on any atom is -0.482 e. The molecule has 1 unspecified atom stereocenters. The van der Waals surface area contributed by atoms with Crippen LogP contribution in [0.5, 0.6) is 11.6 Å².